The molecule has 1 aliphatic heterocycles. The highest BCUT2D eigenvalue weighted by molar-refractivity contribution is 6.08. The van der Waals surface area contributed by atoms with Gasteiger partial charge in [-0.1, -0.05) is 20.8 Å². The van der Waals surface area contributed by atoms with E-state index < -0.39 is 17.7 Å². The topological polar surface area (TPSA) is 98.7 Å². The molecule has 3 unspecified atom stereocenters. The van der Waals surface area contributed by atoms with Gasteiger partial charge in [-0.05, 0) is 19.8 Å². The normalized spacial score (nSPS) is 34.4. The Labute approximate surface area is 124 Å². The first-order chi connectivity index (χ1) is 9.61. The fraction of sp³-hybridized carbons (Fsp3) is 0.786. The lowest BCUT2D eigenvalue weighted by molar-refractivity contribution is -0.137. The van der Waals surface area contributed by atoms with Crippen molar-refractivity contribution in [1.29, 1.82) is 0 Å². The Hall–Kier alpha value is -1.63. The van der Waals surface area contributed by atoms with E-state index in [1.807, 2.05) is 13.8 Å². The Kier molecular flexibility index (Phi) is 3.73. The molecule has 7 heteroatoms. The van der Waals surface area contributed by atoms with Gasteiger partial charge in [0.15, 0.2) is 0 Å². The van der Waals surface area contributed by atoms with Crippen molar-refractivity contribution >= 4 is 17.8 Å². The van der Waals surface area contributed by atoms with Crippen LogP contribution < -0.4 is 10.6 Å². The number of urea groups is 1. The average molecular weight is 297 g/mol. The summed E-state index contributed by atoms with van der Waals surface area (Å²) in [7, 11) is 0. The summed E-state index contributed by atoms with van der Waals surface area (Å²) >= 11 is 0. The lowest BCUT2D eigenvalue weighted by atomic mass is 9.64. The SMILES string of the molecule is CCC1(C)NC(=O)N(CC(=O)NC2CC(O)C2(C)C)C1=O. The van der Waals surface area contributed by atoms with E-state index in [-0.39, 0.29) is 29.8 Å². The molecule has 2 aliphatic rings. The number of hydrogen-bond acceptors (Lipinski definition) is 4. The number of nitrogens with zero attached hydrogens (tertiary/aromatic N) is 1. The summed E-state index contributed by atoms with van der Waals surface area (Å²) in [5.41, 5.74) is -1.31. The van der Waals surface area contributed by atoms with Crippen LogP contribution in [0.15, 0.2) is 0 Å². The Bertz CT molecular complexity index is 491. The van der Waals surface area contributed by atoms with E-state index in [1.54, 1.807) is 13.8 Å². The van der Waals surface area contributed by atoms with E-state index in [0.717, 1.165) is 4.90 Å². The maximum Gasteiger partial charge on any atom is 0.325 e. The van der Waals surface area contributed by atoms with Gasteiger partial charge in [0.25, 0.3) is 5.91 Å². The van der Waals surface area contributed by atoms with Gasteiger partial charge in [0.2, 0.25) is 5.91 Å². The van der Waals surface area contributed by atoms with Crippen LogP contribution in [0.4, 0.5) is 4.79 Å². The van der Waals surface area contributed by atoms with Gasteiger partial charge < -0.3 is 15.7 Å². The zero-order valence-electron chi connectivity index (χ0n) is 12.9. The van der Waals surface area contributed by atoms with E-state index in [1.165, 1.54) is 0 Å². The minimum atomic E-state index is -0.927. The number of aliphatic hydroxyl groups is 1. The third-order valence-electron chi connectivity index (χ3n) is 4.91. The largest absolute Gasteiger partial charge is 0.392 e. The number of amides is 4. The van der Waals surface area contributed by atoms with Crippen molar-refractivity contribution in [3.05, 3.63) is 0 Å². The Morgan fingerprint density at radius 2 is 2.05 bits per heavy atom. The quantitative estimate of drug-likeness (QED) is 0.635. The zero-order chi connectivity index (χ0) is 16.0. The number of rotatable bonds is 4. The third kappa shape index (κ3) is 2.50. The average Bonchev–Trinajstić information content (AvgIpc) is 2.63. The van der Waals surface area contributed by atoms with E-state index in [9.17, 15) is 19.5 Å². The molecule has 0 aromatic carbocycles. The molecule has 21 heavy (non-hydrogen) atoms. The van der Waals surface area contributed by atoms with Crippen LogP contribution in [0.5, 0.6) is 0 Å². The molecule has 1 saturated heterocycles. The van der Waals surface area contributed by atoms with Gasteiger partial charge in [0, 0.05) is 11.5 Å². The van der Waals surface area contributed by atoms with Crippen molar-refractivity contribution in [3.63, 3.8) is 0 Å². The van der Waals surface area contributed by atoms with Gasteiger partial charge in [0.05, 0.1) is 6.10 Å². The summed E-state index contributed by atoms with van der Waals surface area (Å²) in [5, 5.41) is 15.0. The van der Waals surface area contributed by atoms with Crippen LogP contribution in [0.3, 0.4) is 0 Å². The molecule has 2 rings (SSSR count). The molecule has 0 aromatic rings. The molecule has 0 bridgehead atoms. The van der Waals surface area contributed by atoms with E-state index in [2.05, 4.69) is 10.6 Å². The molecule has 7 nitrogen and oxygen atoms in total. The van der Waals surface area contributed by atoms with Crippen molar-refractivity contribution in [3.8, 4) is 0 Å². The number of carbonyl (C=O) groups is 3. The Morgan fingerprint density at radius 3 is 2.48 bits per heavy atom. The minimum absolute atomic E-state index is 0.140. The first-order valence-corrected chi connectivity index (χ1v) is 7.23. The fourth-order valence-corrected chi connectivity index (χ4v) is 2.66. The van der Waals surface area contributed by atoms with Crippen LogP contribution in [0.2, 0.25) is 0 Å². The molecule has 0 aromatic heterocycles. The van der Waals surface area contributed by atoms with Crippen molar-refractivity contribution in [1.82, 2.24) is 15.5 Å². The van der Waals surface area contributed by atoms with Crippen LogP contribution in [-0.2, 0) is 9.59 Å². The highest BCUT2D eigenvalue weighted by Gasteiger charge is 2.50. The van der Waals surface area contributed by atoms with Crippen LogP contribution in [0.1, 0.15) is 40.5 Å². The zero-order valence-corrected chi connectivity index (χ0v) is 12.9. The molecular formula is C14H23N3O4. The number of aliphatic hydroxyl groups excluding tert-OH is 1. The molecule has 118 valence electrons. The van der Waals surface area contributed by atoms with Gasteiger partial charge in [-0.2, -0.15) is 0 Å². The van der Waals surface area contributed by atoms with Crippen LogP contribution in [0.25, 0.3) is 0 Å². The number of nitrogens with one attached hydrogen (secondary N) is 2. The summed E-state index contributed by atoms with van der Waals surface area (Å²) in [6, 6.07) is -0.675. The van der Waals surface area contributed by atoms with Gasteiger partial charge in [0.1, 0.15) is 12.1 Å². The van der Waals surface area contributed by atoms with Gasteiger partial charge in [-0.25, -0.2) is 4.79 Å². The van der Waals surface area contributed by atoms with E-state index >= 15 is 0 Å². The summed E-state index contributed by atoms with van der Waals surface area (Å²) in [6.45, 7) is 6.90. The lowest BCUT2D eigenvalue weighted by Crippen LogP contribution is -2.62. The van der Waals surface area contributed by atoms with Crippen LogP contribution in [0, 0.1) is 5.41 Å². The van der Waals surface area contributed by atoms with Crippen molar-refractivity contribution in [2.24, 2.45) is 5.41 Å². The second-order valence-electron chi connectivity index (χ2n) is 6.70. The van der Waals surface area contributed by atoms with Crippen LogP contribution >= 0.6 is 0 Å². The molecule has 0 spiro atoms. The fourth-order valence-electron chi connectivity index (χ4n) is 2.66. The maximum absolute atomic E-state index is 12.2. The van der Waals surface area contributed by atoms with Crippen molar-refractivity contribution in [2.75, 3.05) is 6.54 Å². The molecule has 4 amide bonds. The standard InChI is InChI=1S/C14H23N3O4/c1-5-14(4)11(20)17(12(21)16-14)7-10(19)15-8-6-9(18)13(8,2)3/h8-9,18H,5-7H2,1-4H3,(H,15,19)(H,16,21). The predicted molar refractivity (Wildman–Crippen MR) is 75.3 cm³/mol. The highest BCUT2D eigenvalue weighted by atomic mass is 16.3. The molecule has 1 heterocycles. The smallest absolute Gasteiger partial charge is 0.325 e. The van der Waals surface area contributed by atoms with Gasteiger partial charge in [-0.15, -0.1) is 0 Å². The molecular weight excluding hydrogens is 274 g/mol. The van der Waals surface area contributed by atoms with Gasteiger partial charge in [-0.3, -0.25) is 14.5 Å². The number of hydrogen-bond donors (Lipinski definition) is 3. The molecule has 3 N–H and O–H groups in total. The van der Waals surface area contributed by atoms with Crippen LogP contribution in [-0.4, -0.2) is 52.1 Å². The second kappa shape index (κ2) is 4.98. The lowest BCUT2D eigenvalue weighted by Gasteiger charge is -2.49. The first-order valence-electron chi connectivity index (χ1n) is 7.23. The Morgan fingerprint density at radius 1 is 1.43 bits per heavy atom. The predicted octanol–water partition coefficient (Wildman–Crippen LogP) is -0.0175. The summed E-state index contributed by atoms with van der Waals surface area (Å²) in [6.07, 6.45) is 0.520. The second-order valence-corrected chi connectivity index (χ2v) is 6.70. The molecule has 2 fully saturated rings. The van der Waals surface area contributed by atoms with Crippen molar-refractivity contribution < 1.29 is 19.5 Å². The third-order valence-corrected chi connectivity index (χ3v) is 4.91. The molecule has 1 saturated carbocycles. The minimum Gasteiger partial charge on any atom is -0.392 e. The molecule has 1 aliphatic carbocycles. The molecule has 3 atom stereocenters. The Balaban J connectivity index is 1.95. The number of imide groups is 1. The van der Waals surface area contributed by atoms with Crippen molar-refractivity contribution in [2.45, 2.75) is 58.2 Å². The summed E-state index contributed by atoms with van der Waals surface area (Å²) in [5.74, 6) is -0.762. The maximum atomic E-state index is 12.2. The van der Waals surface area contributed by atoms with Gasteiger partial charge >= 0.3 is 6.03 Å². The highest BCUT2D eigenvalue weighted by Crippen LogP contribution is 2.40. The van der Waals surface area contributed by atoms with E-state index in [4.69, 9.17) is 0 Å². The van der Waals surface area contributed by atoms with E-state index in [0.29, 0.717) is 12.8 Å². The monoisotopic (exact) mass is 297 g/mol. The number of carbonyl (C=O) groups excluding carboxylic acids is 3. The first kappa shape index (κ1) is 15.8. The molecule has 0 radical (unpaired) electrons. The summed E-state index contributed by atoms with van der Waals surface area (Å²) < 4.78 is 0. The summed E-state index contributed by atoms with van der Waals surface area (Å²) in [4.78, 5) is 37.0.